The van der Waals surface area contributed by atoms with Crippen molar-refractivity contribution in [3.05, 3.63) is 5.57 Å². The zero-order valence-electron chi connectivity index (χ0n) is 8.72. The summed E-state index contributed by atoms with van der Waals surface area (Å²) in [6, 6.07) is 0. The van der Waals surface area contributed by atoms with Crippen LogP contribution >= 0.6 is 11.6 Å². The van der Waals surface area contributed by atoms with Gasteiger partial charge in [-0.1, -0.05) is 0 Å². The monoisotopic (exact) mass is 218 g/mol. The highest BCUT2D eigenvalue weighted by Crippen LogP contribution is 2.12. The second kappa shape index (κ2) is 5.84. The third kappa shape index (κ3) is 6.70. The Morgan fingerprint density at radius 1 is 1.43 bits per heavy atom. The first-order valence-electron chi connectivity index (χ1n) is 4.39. The summed E-state index contributed by atoms with van der Waals surface area (Å²) in [4.78, 5) is 21.6. The highest BCUT2D eigenvalue weighted by Gasteiger charge is 2.17. The average molecular weight is 219 g/mol. The van der Waals surface area contributed by atoms with E-state index in [2.05, 4.69) is 0 Å². The molecule has 0 aliphatic rings. The Morgan fingerprint density at radius 3 is 2.36 bits per heavy atom. The van der Waals surface area contributed by atoms with Crippen LogP contribution in [0.25, 0.3) is 0 Å². The van der Waals surface area contributed by atoms with Crippen LogP contribution in [0.2, 0.25) is 0 Å². The number of alkyl halides is 1. The van der Waals surface area contributed by atoms with Crippen molar-refractivity contribution >= 4 is 23.5 Å². The Morgan fingerprint density at radius 2 is 2.00 bits per heavy atom. The Labute approximate surface area is 89.1 Å². The lowest BCUT2D eigenvalue weighted by atomic mass is 10.1. The van der Waals surface area contributed by atoms with Gasteiger partial charge in [-0.3, -0.25) is 4.79 Å². The molecule has 3 nitrogen and oxygen atoms in total. The SMILES string of the molecule is CC(C)(C)OC(=O)CC(=C=O)CCCl. The quantitative estimate of drug-likeness (QED) is 0.412. The maximum absolute atomic E-state index is 11.2. The fourth-order valence-electron chi connectivity index (χ4n) is 0.841. The molecule has 0 heterocycles. The molecule has 0 N–H and O–H groups in total. The summed E-state index contributed by atoms with van der Waals surface area (Å²) in [5, 5.41) is 0. The first-order chi connectivity index (χ1) is 6.39. The van der Waals surface area contributed by atoms with E-state index < -0.39 is 11.6 Å². The van der Waals surface area contributed by atoms with Crippen molar-refractivity contribution in [2.24, 2.45) is 0 Å². The standard InChI is InChI=1S/C10H15ClO3/c1-10(2,3)14-9(13)6-8(7-12)4-5-11/h4-6H2,1-3H3. The van der Waals surface area contributed by atoms with Gasteiger partial charge in [0.15, 0.2) is 0 Å². The van der Waals surface area contributed by atoms with E-state index >= 15 is 0 Å². The van der Waals surface area contributed by atoms with E-state index in [1.807, 2.05) is 0 Å². The third-order valence-electron chi connectivity index (χ3n) is 1.32. The van der Waals surface area contributed by atoms with Crippen LogP contribution < -0.4 is 0 Å². The summed E-state index contributed by atoms with van der Waals surface area (Å²) < 4.78 is 5.03. The Balaban J connectivity index is 4.12. The summed E-state index contributed by atoms with van der Waals surface area (Å²) >= 11 is 5.44. The molecule has 0 aromatic carbocycles. The van der Waals surface area contributed by atoms with Gasteiger partial charge in [0, 0.05) is 11.5 Å². The van der Waals surface area contributed by atoms with E-state index in [4.69, 9.17) is 16.3 Å². The lowest BCUT2D eigenvalue weighted by Crippen LogP contribution is -2.24. The lowest BCUT2D eigenvalue weighted by molar-refractivity contribution is -0.153. The average Bonchev–Trinajstić information content (AvgIpc) is 2.00. The molecule has 0 saturated heterocycles. The molecule has 0 aromatic heterocycles. The van der Waals surface area contributed by atoms with Gasteiger partial charge in [0.25, 0.3) is 0 Å². The van der Waals surface area contributed by atoms with E-state index in [1.165, 1.54) is 0 Å². The molecule has 0 unspecified atom stereocenters. The number of esters is 1. The van der Waals surface area contributed by atoms with Crippen molar-refractivity contribution in [1.29, 1.82) is 0 Å². The second-order valence-corrected chi connectivity index (χ2v) is 4.29. The molecule has 0 amide bonds. The van der Waals surface area contributed by atoms with Gasteiger partial charge in [0.05, 0.1) is 6.42 Å². The molecular formula is C10H15ClO3. The van der Waals surface area contributed by atoms with E-state index in [0.717, 1.165) is 0 Å². The number of carbonyl (C=O) groups excluding carboxylic acids is 2. The lowest BCUT2D eigenvalue weighted by Gasteiger charge is -2.19. The number of hydrogen-bond acceptors (Lipinski definition) is 3. The van der Waals surface area contributed by atoms with Crippen LogP contribution in [0.4, 0.5) is 0 Å². The van der Waals surface area contributed by atoms with Gasteiger partial charge in [-0.05, 0) is 27.2 Å². The smallest absolute Gasteiger partial charge is 0.311 e. The Kier molecular flexibility index (Phi) is 5.51. The summed E-state index contributed by atoms with van der Waals surface area (Å²) in [6.07, 6.45) is 0.359. The van der Waals surface area contributed by atoms with Gasteiger partial charge in [-0.15, -0.1) is 11.6 Å². The molecule has 0 rings (SSSR count). The molecule has 0 saturated carbocycles. The predicted octanol–water partition coefficient (Wildman–Crippen LogP) is 2.11. The summed E-state index contributed by atoms with van der Waals surface area (Å²) in [5.74, 6) is 1.60. The van der Waals surface area contributed by atoms with Crippen molar-refractivity contribution in [1.82, 2.24) is 0 Å². The van der Waals surface area contributed by atoms with E-state index in [9.17, 15) is 9.59 Å². The van der Waals surface area contributed by atoms with Crippen LogP contribution in [-0.2, 0) is 14.3 Å². The zero-order chi connectivity index (χ0) is 11.2. The fourth-order valence-corrected chi connectivity index (χ4v) is 1.07. The highest BCUT2D eigenvalue weighted by molar-refractivity contribution is 6.18. The summed E-state index contributed by atoms with van der Waals surface area (Å²) in [7, 11) is 0. The van der Waals surface area contributed by atoms with Gasteiger partial charge >= 0.3 is 5.97 Å². The van der Waals surface area contributed by atoms with E-state index in [-0.39, 0.29) is 6.42 Å². The van der Waals surface area contributed by atoms with Crippen molar-refractivity contribution in [2.75, 3.05) is 5.88 Å². The molecule has 0 spiro atoms. The van der Waals surface area contributed by atoms with Crippen LogP contribution in [0.1, 0.15) is 33.6 Å². The van der Waals surface area contributed by atoms with E-state index in [1.54, 1.807) is 26.7 Å². The molecule has 14 heavy (non-hydrogen) atoms. The van der Waals surface area contributed by atoms with Gasteiger partial charge in [-0.2, -0.15) is 0 Å². The highest BCUT2D eigenvalue weighted by atomic mass is 35.5. The van der Waals surface area contributed by atoms with Crippen molar-refractivity contribution < 1.29 is 14.3 Å². The van der Waals surface area contributed by atoms with Gasteiger partial charge in [0.2, 0.25) is 0 Å². The van der Waals surface area contributed by atoms with Crippen LogP contribution in [0, 0.1) is 0 Å². The summed E-state index contributed by atoms with van der Waals surface area (Å²) in [6.45, 7) is 5.32. The van der Waals surface area contributed by atoms with Crippen LogP contribution in [0.15, 0.2) is 5.57 Å². The minimum absolute atomic E-state index is 0.0203. The molecule has 0 fully saturated rings. The first kappa shape index (κ1) is 13.2. The maximum Gasteiger partial charge on any atom is 0.311 e. The number of hydrogen-bond donors (Lipinski definition) is 0. The van der Waals surface area contributed by atoms with Crippen molar-refractivity contribution in [3.8, 4) is 0 Å². The molecule has 0 aliphatic heterocycles. The number of ether oxygens (including phenoxy) is 1. The second-order valence-electron chi connectivity index (χ2n) is 3.91. The third-order valence-corrected chi connectivity index (χ3v) is 1.51. The largest absolute Gasteiger partial charge is 0.460 e. The molecule has 0 aliphatic carbocycles. The number of halogens is 1. The Bertz CT molecular complexity index is 247. The van der Waals surface area contributed by atoms with Crippen LogP contribution in [0.3, 0.4) is 0 Å². The minimum atomic E-state index is -0.522. The molecule has 4 heteroatoms. The molecule has 80 valence electrons. The predicted molar refractivity (Wildman–Crippen MR) is 55.0 cm³/mol. The Hall–Kier alpha value is -0.790. The molecule has 0 atom stereocenters. The van der Waals surface area contributed by atoms with Gasteiger partial charge in [-0.25, -0.2) is 4.79 Å². The fraction of sp³-hybridized carbons (Fsp3) is 0.700. The molecule has 0 radical (unpaired) electrons. The molecule has 0 bridgehead atoms. The summed E-state index contributed by atoms with van der Waals surface area (Å²) in [5.41, 5.74) is -0.166. The van der Waals surface area contributed by atoms with Crippen LogP contribution in [-0.4, -0.2) is 23.4 Å². The topological polar surface area (TPSA) is 43.4 Å². The maximum atomic E-state index is 11.2. The number of carbonyl (C=O) groups is 1. The van der Waals surface area contributed by atoms with Gasteiger partial charge in [0.1, 0.15) is 11.5 Å². The number of rotatable bonds is 4. The normalized spacial score (nSPS) is 10.6. The minimum Gasteiger partial charge on any atom is -0.460 e. The zero-order valence-corrected chi connectivity index (χ0v) is 9.48. The van der Waals surface area contributed by atoms with E-state index in [0.29, 0.717) is 17.9 Å². The molecular weight excluding hydrogens is 204 g/mol. The molecule has 0 aromatic rings. The van der Waals surface area contributed by atoms with Gasteiger partial charge < -0.3 is 4.74 Å². The van der Waals surface area contributed by atoms with Crippen molar-refractivity contribution in [2.45, 2.75) is 39.2 Å². The van der Waals surface area contributed by atoms with Crippen molar-refractivity contribution in [3.63, 3.8) is 0 Å². The van der Waals surface area contributed by atoms with Crippen LogP contribution in [0.5, 0.6) is 0 Å². The first-order valence-corrected chi connectivity index (χ1v) is 4.93.